The lowest BCUT2D eigenvalue weighted by atomic mass is 9.99. The number of methoxy groups -OCH3 is 1. The van der Waals surface area contributed by atoms with Gasteiger partial charge in [0.15, 0.2) is 0 Å². The van der Waals surface area contributed by atoms with Gasteiger partial charge in [-0.05, 0) is 54.7 Å². The first-order valence-electron chi connectivity index (χ1n) is 10.6. The van der Waals surface area contributed by atoms with Crippen molar-refractivity contribution in [3.63, 3.8) is 0 Å². The molecule has 162 valence electrons. The van der Waals surface area contributed by atoms with E-state index in [4.69, 9.17) is 9.47 Å². The van der Waals surface area contributed by atoms with Gasteiger partial charge in [-0.25, -0.2) is 0 Å². The van der Waals surface area contributed by atoms with Gasteiger partial charge >= 0.3 is 0 Å². The molecule has 2 aliphatic heterocycles. The van der Waals surface area contributed by atoms with Crippen molar-refractivity contribution < 1.29 is 19.1 Å². The maximum atomic E-state index is 13.5. The minimum atomic E-state index is -0.219. The quantitative estimate of drug-likeness (QED) is 0.673. The third kappa shape index (κ3) is 4.21. The van der Waals surface area contributed by atoms with Crippen LogP contribution in [-0.4, -0.2) is 61.6 Å². The van der Waals surface area contributed by atoms with Gasteiger partial charge in [-0.3, -0.25) is 14.5 Å². The number of hydrogen-bond acceptors (Lipinski definition) is 5. The summed E-state index contributed by atoms with van der Waals surface area (Å²) in [5, 5.41) is 0. The molecule has 0 radical (unpaired) electrons. The van der Waals surface area contributed by atoms with Crippen molar-refractivity contribution in [1.82, 2.24) is 9.80 Å². The molecule has 0 aliphatic carbocycles. The van der Waals surface area contributed by atoms with Crippen molar-refractivity contribution in [3.05, 3.63) is 70.4 Å². The number of hydrogen-bond donors (Lipinski definition) is 0. The summed E-state index contributed by atoms with van der Waals surface area (Å²) < 4.78 is 10.7. The number of rotatable bonds is 6. The summed E-state index contributed by atoms with van der Waals surface area (Å²) in [7, 11) is 1.63. The van der Waals surface area contributed by atoms with Gasteiger partial charge in [-0.15, -0.1) is 0 Å². The fourth-order valence-corrected chi connectivity index (χ4v) is 4.04. The predicted octanol–water partition coefficient (Wildman–Crippen LogP) is 2.97. The second kappa shape index (κ2) is 8.94. The van der Waals surface area contributed by atoms with Crippen molar-refractivity contribution in [2.45, 2.75) is 20.3 Å². The number of carbonyl (C=O) groups is 2. The highest BCUT2D eigenvalue weighted by molar-refractivity contribution is 6.35. The maximum absolute atomic E-state index is 13.5. The van der Waals surface area contributed by atoms with Gasteiger partial charge in [0.05, 0.1) is 25.9 Å². The first-order valence-corrected chi connectivity index (χ1v) is 10.6. The van der Waals surface area contributed by atoms with Gasteiger partial charge in [0, 0.05) is 19.6 Å². The van der Waals surface area contributed by atoms with E-state index in [0.717, 1.165) is 28.0 Å². The van der Waals surface area contributed by atoms with Crippen LogP contribution in [0.3, 0.4) is 0 Å². The molecule has 6 heteroatoms. The lowest BCUT2D eigenvalue weighted by molar-refractivity contribution is -0.137. The van der Waals surface area contributed by atoms with E-state index >= 15 is 0 Å². The largest absolute Gasteiger partial charge is 0.497 e. The molecule has 4 rings (SSSR count). The average molecular weight is 421 g/mol. The highest BCUT2D eigenvalue weighted by atomic mass is 16.5. The van der Waals surface area contributed by atoms with Crippen LogP contribution in [0.4, 0.5) is 0 Å². The number of morpholine rings is 1. The Hall–Kier alpha value is -3.12. The fourth-order valence-electron chi connectivity index (χ4n) is 4.04. The van der Waals surface area contributed by atoms with E-state index in [1.165, 1.54) is 4.90 Å². The summed E-state index contributed by atoms with van der Waals surface area (Å²) in [4.78, 5) is 30.3. The second-order valence-electron chi connectivity index (χ2n) is 7.98. The topological polar surface area (TPSA) is 59.1 Å². The third-order valence-corrected chi connectivity index (χ3v) is 6.05. The number of aryl methyl sites for hydroxylation is 2. The predicted molar refractivity (Wildman–Crippen MR) is 119 cm³/mol. The molecular formula is C25H28N2O4. The van der Waals surface area contributed by atoms with Crippen molar-refractivity contribution in [3.8, 4) is 5.75 Å². The first kappa shape index (κ1) is 21.1. The van der Waals surface area contributed by atoms with Gasteiger partial charge in [-0.1, -0.05) is 30.3 Å². The lowest BCUT2D eigenvalue weighted by Crippen LogP contribution is -2.40. The van der Waals surface area contributed by atoms with Gasteiger partial charge in [0.25, 0.3) is 11.8 Å². The molecule has 1 saturated heterocycles. The molecule has 31 heavy (non-hydrogen) atoms. The molecule has 0 aromatic heterocycles. The summed E-state index contributed by atoms with van der Waals surface area (Å²) >= 11 is 0. The Morgan fingerprint density at radius 2 is 1.65 bits per heavy atom. The van der Waals surface area contributed by atoms with Crippen LogP contribution in [0.25, 0.3) is 5.57 Å². The Morgan fingerprint density at radius 3 is 2.29 bits per heavy atom. The zero-order valence-corrected chi connectivity index (χ0v) is 18.3. The number of amides is 2. The molecule has 2 aromatic carbocycles. The molecule has 0 unspecified atom stereocenters. The molecule has 2 heterocycles. The average Bonchev–Trinajstić information content (AvgIpc) is 3.04. The SMILES string of the molecule is COc1ccc(CCN2C(=O)C(c3ccc(C)c(C)c3)=C(N3CCOCC3)C2=O)cc1. The Kier molecular flexibility index (Phi) is 6.09. The molecule has 0 bridgehead atoms. The van der Waals surface area contributed by atoms with Crippen LogP contribution in [-0.2, 0) is 20.7 Å². The number of carbonyl (C=O) groups excluding carboxylic acids is 2. The summed E-state index contributed by atoms with van der Waals surface area (Å²) in [6.07, 6.45) is 0.595. The maximum Gasteiger partial charge on any atom is 0.277 e. The van der Waals surface area contributed by atoms with Gasteiger partial charge in [-0.2, -0.15) is 0 Å². The standard InChI is InChI=1S/C25H28N2O4/c1-17-4-7-20(16-18(17)2)22-23(26-12-14-31-15-13-26)25(29)27(24(22)28)11-10-19-5-8-21(30-3)9-6-19/h4-9,16H,10-15H2,1-3H3. The van der Waals surface area contributed by atoms with E-state index in [9.17, 15) is 9.59 Å². The van der Waals surface area contributed by atoms with Crippen LogP contribution >= 0.6 is 0 Å². The Balaban J connectivity index is 1.63. The molecule has 2 amide bonds. The summed E-state index contributed by atoms with van der Waals surface area (Å²) in [6.45, 7) is 6.72. The van der Waals surface area contributed by atoms with E-state index in [1.54, 1.807) is 7.11 Å². The highest BCUT2D eigenvalue weighted by Crippen LogP contribution is 2.33. The number of nitrogens with zero attached hydrogens (tertiary/aromatic N) is 2. The lowest BCUT2D eigenvalue weighted by Gasteiger charge is -2.29. The van der Waals surface area contributed by atoms with E-state index in [-0.39, 0.29) is 11.8 Å². The molecule has 6 nitrogen and oxygen atoms in total. The van der Waals surface area contributed by atoms with Crippen LogP contribution in [0.15, 0.2) is 48.2 Å². The van der Waals surface area contributed by atoms with Crippen molar-refractivity contribution >= 4 is 17.4 Å². The monoisotopic (exact) mass is 420 g/mol. The highest BCUT2D eigenvalue weighted by Gasteiger charge is 2.41. The number of ether oxygens (including phenoxy) is 2. The van der Waals surface area contributed by atoms with Crippen molar-refractivity contribution in [2.24, 2.45) is 0 Å². The fraction of sp³-hybridized carbons (Fsp3) is 0.360. The molecule has 1 fully saturated rings. The summed E-state index contributed by atoms with van der Waals surface area (Å²) in [6, 6.07) is 13.7. The van der Waals surface area contributed by atoms with Gasteiger partial charge in [0.1, 0.15) is 11.4 Å². The van der Waals surface area contributed by atoms with Gasteiger partial charge in [0.2, 0.25) is 0 Å². The summed E-state index contributed by atoms with van der Waals surface area (Å²) in [5.41, 5.74) is 5.12. The van der Waals surface area contributed by atoms with Crippen LogP contribution in [0.2, 0.25) is 0 Å². The molecule has 0 N–H and O–H groups in total. The van der Waals surface area contributed by atoms with Crippen molar-refractivity contribution in [2.75, 3.05) is 40.0 Å². The minimum Gasteiger partial charge on any atom is -0.497 e. The van der Waals surface area contributed by atoms with Crippen LogP contribution < -0.4 is 4.74 Å². The zero-order chi connectivity index (χ0) is 22.0. The Bertz CT molecular complexity index is 1020. The molecule has 2 aromatic rings. The number of imide groups is 1. The smallest absolute Gasteiger partial charge is 0.277 e. The van der Waals surface area contributed by atoms with E-state index in [0.29, 0.717) is 50.5 Å². The van der Waals surface area contributed by atoms with Crippen molar-refractivity contribution in [1.29, 1.82) is 0 Å². The van der Waals surface area contributed by atoms with Crippen LogP contribution in [0, 0.1) is 13.8 Å². The molecular weight excluding hydrogens is 392 g/mol. The van der Waals surface area contributed by atoms with Gasteiger partial charge < -0.3 is 14.4 Å². The summed E-state index contributed by atoms with van der Waals surface area (Å²) in [5.74, 6) is 0.349. The normalized spacial score (nSPS) is 17.0. The molecule has 2 aliphatic rings. The first-order chi connectivity index (χ1) is 15.0. The van der Waals surface area contributed by atoms with Crippen LogP contribution in [0.1, 0.15) is 22.3 Å². The zero-order valence-electron chi connectivity index (χ0n) is 18.3. The Labute approximate surface area is 183 Å². The second-order valence-corrected chi connectivity index (χ2v) is 7.98. The van der Waals surface area contributed by atoms with E-state index < -0.39 is 0 Å². The van der Waals surface area contributed by atoms with E-state index in [2.05, 4.69) is 0 Å². The minimum absolute atomic E-state index is 0.214. The molecule has 0 saturated carbocycles. The van der Waals surface area contributed by atoms with E-state index in [1.807, 2.05) is 61.2 Å². The van der Waals surface area contributed by atoms with Crippen LogP contribution in [0.5, 0.6) is 5.75 Å². The Morgan fingerprint density at radius 1 is 0.935 bits per heavy atom. The molecule has 0 spiro atoms. The number of benzene rings is 2. The third-order valence-electron chi connectivity index (χ3n) is 6.05. The molecule has 0 atom stereocenters.